The summed E-state index contributed by atoms with van der Waals surface area (Å²) < 4.78 is 0. The van der Waals surface area contributed by atoms with Gasteiger partial charge in [0, 0.05) is 24.4 Å². The van der Waals surface area contributed by atoms with Crippen molar-refractivity contribution >= 4 is 17.2 Å². The molecule has 3 rings (SSSR count). The van der Waals surface area contributed by atoms with Gasteiger partial charge in [-0.15, -0.1) is 0 Å². The second kappa shape index (κ2) is 5.77. The van der Waals surface area contributed by atoms with Gasteiger partial charge in [0.25, 0.3) is 5.91 Å². The lowest BCUT2D eigenvalue weighted by molar-refractivity contribution is 0.0787. The SMILES string of the molecule is NC[C@@H]1CN(C(=O)c2ccsc2)C[C@H]1c1ccccc1. The van der Waals surface area contributed by atoms with E-state index in [1.807, 2.05) is 39.9 Å². The molecule has 1 amide bonds. The van der Waals surface area contributed by atoms with Crippen LogP contribution in [0.1, 0.15) is 21.8 Å². The average Bonchev–Trinajstić information content (AvgIpc) is 3.17. The molecule has 0 unspecified atom stereocenters. The lowest BCUT2D eigenvalue weighted by Gasteiger charge is -2.16. The number of likely N-dealkylation sites (tertiary alicyclic amines) is 1. The van der Waals surface area contributed by atoms with Crippen LogP contribution in [0.3, 0.4) is 0 Å². The number of nitrogens with two attached hydrogens (primary N) is 1. The molecule has 2 aromatic rings. The van der Waals surface area contributed by atoms with Gasteiger partial charge in [-0.1, -0.05) is 30.3 Å². The Morgan fingerprint density at radius 3 is 2.70 bits per heavy atom. The molecule has 2 heterocycles. The molecule has 1 aliphatic rings. The Bertz CT molecular complexity index is 567. The molecule has 2 atom stereocenters. The van der Waals surface area contributed by atoms with Gasteiger partial charge in [-0.25, -0.2) is 0 Å². The molecule has 2 N–H and O–H groups in total. The zero-order valence-corrected chi connectivity index (χ0v) is 12.1. The van der Waals surface area contributed by atoms with Crippen molar-refractivity contribution in [2.24, 2.45) is 11.7 Å². The largest absolute Gasteiger partial charge is 0.338 e. The molecule has 3 nitrogen and oxygen atoms in total. The number of benzene rings is 1. The number of rotatable bonds is 3. The van der Waals surface area contributed by atoms with Crippen molar-refractivity contribution in [3.8, 4) is 0 Å². The van der Waals surface area contributed by atoms with E-state index in [1.165, 1.54) is 5.56 Å². The monoisotopic (exact) mass is 286 g/mol. The highest BCUT2D eigenvalue weighted by atomic mass is 32.1. The summed E-state index contributed by atoms with van der Waals surface area (Å²) in [5, 5.41) is 3.86. The number of nitrogens with zero attached hydrogens (tertiary/aromatic N) is 1. The fraction of sp³-hybridized carbons (Fsp3) is 0.312. The first-order valence-corrected chi connectivity index (χ1v) is 7.80. The molecule has 4 heteroatoms. The van der Waals surface area contributed by atoms with Gasteiger partial charge in [-0.3, -0.25) is 4.79 Å². The summed E-state index contributed by atoms with van der Waals surface area (Å²) in [6, 6.07) is 12.3. The van der Waals surface area contributed by atoms with Crippen LogP contribution in [0, 0.1) is 5.92 Å². The van der Waals surface area contributed by atoms with Crippen molar-refractivity contribution in [3.63, 3.8) is 0 Å². The van der Waals surface area contributed by atoms with Crippen molar-refractivity contribution < 1.29 is 4.79 Å². The predicted octanol–water partition coefficient (Wildman–Crippen LogP) is 2.56. The van der Waals surface area contributed by atoms with E-state index in [2.05, 4.69) is 12.1 Å². The molecular formula is C16H18N2OS. The summed E-state index contributed by atoms with van der Waals surface area (Å²) in [5.74, 6) is 0.826. The average molecular weight is 286 g/mol. The third kappa shape index (κ3) is 2.49. The minimum atomic E-state index is 0.128. The zero-order valence-electron chi connectivity index (χ0n) is 11.2. The molecule has 1 aliphatic heterocycles. The molecule has 0 bridgehead atoms. The minimum absolute atomic E-state index is 0.128. The summed E-state index contributed by atoms with van der Waals surface area (Å²) in [7, 11) is 0. The number of amides is 1. The second-order valence-corrected chi connectivity index (χ2v) is 6.02. The van der Waals surface area contributed by atoms with Crippen LogP contribution in [-0.4, -0.2) is 30.4 Å². The van der Waals surface area contributed by atoms with E-state index in [9.17, 15) is 4.79 Å². The van der Waals surface area contributed by atoms with Crippen LogP contribution in [0.5, 0.6) is 0 Å². The van der Waals surface area contributed by atoms with Crippen molar-refractivity contribution in [1.29, 1.82) is 0 Å². The van der Waals surface area contributed by atoms with E-state index in [4.69, 9.17) is 5.73 Å². The molecule has 0 aliphatic carbocycles. The quantitative estimate of drug-likeness (QED) is 0.942. The summed E-state index contributed by atoms with van der Waals surface area (Å²) >= 11 is 1.56. The highest BCUT2D eigenvalue weighted by Gasteiger charge is 2.35. The van der Waals surface area contributed by atoms with Gasteiger partial charge < -0.3 is 10.6 Å². The predicted molar refractivity (Wildman–Crippen MR) is 81.9 cm³/mol. The molecule has 0 radical (unpaired) electrons. The summed E-state index contributed by atoms with van der Waals surface area (Å²) in [5.41, 5.74) is 7.98. The molecule has 1 aromatic heterocycles. The highest BCUT2D eigenvalue weighted by Crippen LogP contribution is 2.32. The van der Waals surface area contributed by atoms with E-state index in [1.54, 1.807) is 11.3 Å². The Labute approximate surface area is 123 Å². The topological polar surface area (TPSA) is 46.3 Å². The first-order valence-electron chi connectivity index (χ1n) is 6.86. The number of hydrogen-bond donors (Lipinski definition) is 1. The van der Waals surface area contributed by atoms with E-state index in [0.29, 0.717) is 18.4 Å². The second-order valence-electron chi connectivity index (χ2n) is 5.24. The third-order valence-corrected chi connectivity index (χ3v) is 4.71. The van der Waals surface area contributed by atoms with E-state index in [0.717, 1.165) is 18.7 Å². The third-order valence-electron chi connectivity index (χ3n) is 4.03. The van der Waals surface area contributed by atoms with Crippen LogP contribution in [0.25, 0.3) is 0 Å². The molecule has 0 spiro atoms. The maximum atomic E-state index is 12.4. The smallest absolute Gasteiger partial charge is 0.254 e. The van der Waals surface area contributed by atoms with Crippen molar-refractivity contribution in [2.75, 3.05) is 19.6 Å². The molecule has 104 valence electrons. The Hall–Kier alpha value is -1.65. The van der Waals surface area contributed by atoms with Gasteiger partial charge in [-0.2, -0.15) is 11.3 Å². The summed E-state index contributed by atoms with van der Waals surface area (Å²) in [4.78, 5) is 14.4. The maximum Gasteiger partial charge on any atom is 0.254 e. The molecule has 0 saturated carbocycles. The number of carbonyl (C=O) groups excluding carboxylic acids is 1. The molecule has 1 saturated heterocycles. The van der Waals surface area contributed by atoms with Gasteiger partial charge in [0.15, 0.2) is 0 Å². The normalized spacial score (nSPS) is 22.1. The van der Waals surface area contributed by atoms with E-state index >= 15 is 0 Å². The Morgan fingerprint density at radius 2 is 2.05 bits per heavy atom. The lowest BCUT2D eigenvalue weighted by Crippen LogP contribution is -2.29. The Balaban J connectivity index is 1.80. The fourth-order valence-electron chi connectivity index (χ4n) is 2.92. The Morgan fingerprint density at radius 1 is 1.25 bits per heavy atom. The highest BCUT2D eigenvalue weighted by molar-refractivity contribution is 7.08. The molecular weight excluding hydrogens is 268 g/mol. The standard InChI is InChI=1S/C16H18N2OS/c17-8-14-9-18(16(19)13-6-7-20-11-13)10-15(14)12-4-2-1-3-5-12/h1-7,11,14-15H,8-10,17H2/t14-,15+/m1/s1. The van der Waals surface area contributed by atoms with Gasteiger partial charge in [0.1, 0.15) is 0 Å². The van der Waals surface area contributed by atoms with Gasteiger partial charge in [0.05, 0.1) is 5.56 Å². The molecule has 20 heavy (non-hydrogen) atoms. The van der Waals surface area contributed by atoms with E-state index in [-0.39, 0.29) is 5.91 Å². The van der Waals surface area contributed by atoms with Crippen molar-refractivity contribution in [3.05, 3.63) is 58.3 Å². The minimum Gasteiger partial charge on any atom is -0.338 e. The van der Waals surface area contributed by atoms with Crippen LogP contribution >= 0.6 is 11.3 Å². The van der Waals surface area contributed by atoms with E-state index < -0.39 is 0 Å². The van der Waals surface area contributed by atoms with Crippen LogP contribution in [0.4, 0.5) is 0 Å². The van der Waals surface area contributed by atoms with Crippen LogP contribution < -0.4 is 5.73 Å². The summed E-state index contributed by atoms with van der Waals surface area (Å²) in [6.07, 6.45) is 0. The number of hydrogen-bond acceptors (Lipinski definition) is 3. The first-order chi connectivity index (χ1) is 9.79. The first kappa shape index (κ1) is 13.3. The zero-order chi connectivity index (χ0) is 13.9. The van der Waals surface area contributed by atoms with Gasteiger partial charge >= 0.3 is 0 Å². The van der Waals surface area contributed by atoms with Crippen LogP contribution in [0.15, 0.2) is 47.2 Å². The number of carbonyl (C=O) groups is 1. The van der Waals surface area contributed by atoms with Crippen LogP contribution in [0.2, 0.25) is 0 Å². The van der Waals surface area contributed by atoms with Crippen LogP contribution in [-0.2, 0) is 0 Å². The van der Waals surface area contributed by atoms with Crippen molar-refractivity contribution in [1.82, 2.24) is 4.90 Å². The summed E-state index contributed by atoms with van der Waals surface area (Å²) in [6.45, 7) is 2.14. The van der Waals surface area contributed by atoms with Gasteiger partial charge in [-0.05, 0) is 29.5 Å². The number of thiophene rings is 1. The molecule has 1 fully saturated rings. The fourth-order valence-corrected chi connectivity index (χ4v) is 3.55. The molecule has 1 aromatic carbocycles. The van der Waals surface area contributed by atoms with Crippen molar-refractivity contribution in [2.45, 2.75) is 5.92 Å². The maximum absolute atomic E-state index is 12.4. The lowest BCUT2D eigenvalue weighted by atomic mass is 9.89. The Kier molecular flexibility index (Phi) is 3.85. The van der Waals surface area contributed by atoms with Gasteiger partial charge in [0.2, 0.25) is 0 Å².